The van der Waals surface area contributed by atoms with Gasteiger partial charge in [-0.05, 0) is 56.0 Å². The topological polar surface area (TPSA) is 83.0 Å². The molecule has 1 aromatic carbocycles. The van der Waals surface area contributed by atoms with Crippen LogP contribution in [0.25, 0.3) is 0 Å². The number of para-hydroxylation sites is 1. The van der Waals surface area contributed by atoms with E-state index in [-0.39, 0.29) is 23.7 Å². The number of carbonyl (C=O) groups is 2. The lowest BCUT2D eigenvalue weighted by molar-refractivity contribution is -0.135. The first kappa shape index (κ1) is 19.5. The van der Waals surface area contributed by atoms with Crippen LogP contribution in [-0.4, -0.2) is 33.1 Å². The molecule has 8 heteroatoms. The quantitative estimate of drug-likeness (QED) is 0.720. The van der Waals surface area contributed by atoms with E-state index in [1.54, 1.807) is 0 Å². The van der Waals surface area contributed by atoms with E-state index < -0.39 is 0 Å². The van der Waals surface area contributed by atoms with Gasteiger partial charge in [0.05, 0.1) is 12.5 Å². The smallest absolute Gasteiger partial charge is 0.230 e. The van der Waals surface area contributed by atoms with Crippen LogP contribution in [0.2, 0.25) is 0 Å². The Balaban J connectivity index is 1.29. The maximum absolute atomic E-state index is 13.4. The molecular formula is C22H27N5O2S. The summed E-state index contributed by atoms with van der Waals surface area (Å²) in [6, 6.07) is 8.49. The molecular weight excluding hydrogens is 398 g/mol. The van der Waals surface area contributed by atoms with Gasteiger partial charge in [-0.25, -0.2) is 0 Å². The van der Waals surface area contributed by atoms with Gasteiger partial charge in [-0.2, -0.15) is 5.10 Å². The molecule has 2 aromatic rings. The first-order valence-corrected chi connectivity index (χ1v) is 11.4. The molecule has 2 aliphatic carbocycles. The summed E-state index contributed by atoms with van der Waals surface area (Å²) in [6.45, 7) is 1.05. The van der Waals surface area contributed by atoms with Gasteiger partial charge in [0.25, 0.3) is 0 Å². The Morgan fingerprint density at radius 2 is 1.90 bits per heavy atom. The number of nitrogens with zero attached hydrogens (tertiary/aromatic N) is 3. The molecule has 30 heavy (non-hydrogen) atoms. The molecule has 2 unspecified atom stereocenters. The predicted molar refractivity (Wildman–Crippen MR) is 115 cm³/mol. The minimum Gasteiger partial charge on any atom is -0.349 e. The Kier molecular flexibility index (Phi) is 5.18. The van der Waals surface area contributed by atoms with E-state index in [4.69, 9.17) is 12.2 Å². The Hall–Kier alpha value is -2.48. The Bertz CT molecular complexity index is 1020. The second kappa shape index (κ2) is 7.98. The zero-order valence-electron chi connectivity index (χ0n) is 17.0. The van der Waals surface area contributed by atoms with Gasteiger partial charge in [-0.3, -0.25) is 19.3 Å². The van der Waals surface area contributed by atoms with E-state index in [1.807, 2.05) is 27.7 Å². The second-order valence-corrected chi connectivity index (χ2v) is 9.02. The summed E-state index contributed by atoms with van der Waals surface area (Å²) in [5.74, 6) is 0.282. The Morgan fingerprint density at radius 1 is 1.13 bits per heavy atom. The van der Waals surface area contributed by atoms with E-state index in [2.05, 4.69) is 21.6 Å². The monoisotopic (exact) mass is 425 g/mol. The molecule has 0 bridgehead atoms. The number of nitrogens with one attached hydrogen (secondary N) is 2. The second-order valence-electron chi connectivity index (χ2n) is 8.63. The summed E-state index contributed by atoms with van der Waals surface area (Å²) in [5.41, 5.74) is 2.22. The molecule has 2 amide bonds. The van der Waals surface area contributed by atoms with Gasteiger partial charge in [0.2, 0.25) is 11.8 Å². The lowest BCUT2D eigenvalue weighted by Crippen LogP contribution is -2.45. The fraction of sp³-hybridized carbons (Fsp3) is 0.545. The number of benzene rings is 1. The van der Waals surface area contributed by atoms with Gasteiger partial charge in [0.1, 0.15) is 0 Å². The summed E-state index contributed by atoms with van der Waals surface area (Å²) < 4.78 is 2.63. The summed E-state index contributed by atoms with van der Waals surface area (Å²) in [4.78, 5) is 28.4. The number of H-pyrrole nitrogens is 1. The molecule has 1 aromatic heterocycles. The average Bonchev–Trinajstić information content (AvgIpc) is 3.40. The van der Waals surface area contributed by atoms with Crippen molar-refractivity contribution in [1.82, 2.24) is 20.1 Å². The van der Waals surface area contributed by atoms with Crippen molar-refractivity contribution >= 4 is 29.7 Å². The zero-order chi connectivity index (χ0) is 20.7. The van der Waals surface area contributed by atoms with Crippen molar-refractivity contribution < 1.29 is 9.59 Å². The van der Waals surface area contributed by atoms with Crippen molar-refractivity contribution in [2.45, 2.75) is 57.5 Å². The first-order chi connectivity index (χ1) is 14.6. The molecule has 2 fully saturated rings. The third-order valence-corrected chi connectivity index (χ3v) is 6.97. The van der Waals surface area contributed by atoms with Crippen LogP contribution in [0.15, 0.2) is 24.3 Å². The molecule has 3 aliphatic rings. The standard InChI is InChI=1S/C22H27N5O2S/c28-20(23-13-19-24-25-22(30)27(19)15-9-10-15)16-6-2-3-7-17(16)21(29)26-12-11-14-5-1-4-8-18(14)26/h1,4-5,8,15-17H,2-3,6-7,9-13H2,(H,23,28)(H,25,30). The minimum absolute atomic E-state index is 0.0446. The maximum atomic E-state index is 13.4. The van der Waals surface area contributed by atoms with E-state index in [0.717, 1.165) is 56.5 Å². The average molecular weight is 426 g/mol. The number of fused-ring (bicyclic) bond motifs is 1. The van der Waals surface area contributed by atoms with Crippen LogP contribution in [-0.2, 0) is 22.6 Å². The third kappa shape index (κ3) is 3.57. The molecule has 158 valence electrons. The minimum atomic E-state index is -0.282. The van der Waals surface area contributed by atoms with Crippen molar-refractivity contribution in [3.05, 3.63) is 40.4 Å². The van der Waals surface area contributed by atoms with Crippen LogP contribution in [0.4, 0.5) is 5.69 Å². The van der Waals surface area contributed by atoms with E-state index in [0.29, 0.717) is 23.9 Å². The van der Waals surface area contributed by atoms with Crippen molar-refractivity contribution in [2.24, 2.45) is 11.8 Å². The molecule has 1 aliphatic heterocycles. The summed E-state index contributed by atoms with van der Waals surface area (Å²) in [5, 5.41) is 10.2. The Morgan fingerprint density at radius 3 is 2.70 bits per heavy atom. The normalized spacial score (nSPS) is 23.3. The fourth-order valence-electron chi connectivity index (χ4n) is 4.98. The van der Waals surface area contributed by atoms with Crippen LogP contribution >= 0.6 is 12.2 Å². The number of aromatic nitrogens is 3. The number of carbonyl (C=O) groups excluding carboxylic acids is 2. The van der Waals surface area contributed by atoms with Crippen LogP contribution in [0, 0.1) is 16.6 Å². The first-order valence-electron chi connectivity index (χ1n) is 11.0. The largest absolute Gasteiger partial charge is 0.349 e. The molecule has 2 heterocycles. The zero-order valence-corrected chi connectivity index (χ0v) is 17.8. The number of aromatic amines is 1. The SMILES string of the molecule is O=C(NCc1n[nH]c(=S)n1C1CC1)C1CCCCC1C(=O)N1CCc2ccccc21. The third-order valence-electron chi connectivity index (χ3n) is 6.68. The van der Waals surface area contributed by atoms with Crippen molar-refractivity contribution in [1.29, 1.82) is 0 Å². The van der Waals surface area contributed by atoms with Gasteiger partial charge in [-0.15, -0.1) is 0 Å². The van der Waals surface area contributed by atoms with E-state index >= 15 is 0 Å². The lowest BCUT2D eigenvalue weighted by atomic mass is 9.77. The summed E-state index contributed by atoms with van der Waals surface area (Å²) in [6.07, 6.45) is 6.60. The van der Waals surface area contributed by atoms with Crippen LogP contribution < -0.4 is 10.2 Å². The number of hydrogen-bond acceptors (Lipinski definition) is 4. The highest BCUT2D eigenvalue weighted by molar-refractivity contribution is 7.71. The maximum Gasteiger partial charge on any atom is 0.230 e. The highest BCUT2D eigenvalue weighted by atomic mass is 32.1. The van der Waals surface area contributed by atoms with Gasteiger partial charge in [0, 0.05) is 24.2 Å². The fourth-order valence-corrected chi connectivity index (χ4v) is 5.28. The number of hydrogen-bond donors (Lipinski definition) is 2. The highest BCUT2D eigenvalue weighted by Crippen LogP contribution is 2.37. The molecule has 5 rings (SSSR count). The number of rotatable bonds is 5. The molecule has 2 atom stereocenters. The lowest BCUT2D eigenvalue weighted by Gasteiger charge is -2.32. The van der Waals surface area contributed by atoms with Gasteiger partial charge >= 0.3 is 0 Å². The predicted octanol–water partition coefficient (Wildman–Crippen LogP) is 3.29. The molecule has 2 saturated carbocycles. The highest BCUT2D eigenvalue weighted by Gasteiger charge is 2.39. The van der Waals surface area contributed by atoms with Crippen molar-refractivity contribution in [3.63, 3.8) is 0 Å². The molecule has 2 N–H and O–H groups in total. The number of anilines is 1. The molecule has 0 saturated heterocycles. The Labute approximate surface area is 180 Å². The van der Waals surface area contributed by atoms with Gasteiger partial charge < -0.3 is 10.2 Å². The van der Waals surface area contributed by atoms with Crippen LogP contribution in [0.1, 0.15) is 56.0 Å². The summed E-state index contributed by atoms with van der Waals surface area (Å²) >= 11 is 5.32. The van der Waals surface area contributed by atoms with E-state index in [9.17, 15) is 9.59 Å². The number of amides is 2. The van der Waals surface area contributed by atoms with E-state index in [1.165, 1.54) is 5.56 Å². The molecule has 0 radical (unpaired) electrons. The van der Waals surface area contributed by atoms with Gasteiger partial charge in [-0.1, -0.05) is 31.0 Å². The van der Waals surface area contributed by atoms with Gasteiger partial charge in [0.15, 0.2) is 10.6 Å². The molecule has 7 nitrogen and oxygen atoms in total. The van der Waals surface area contributed by atoms with Crippen LogP contribution in [0.3, 0.4) is 0 Å². The van der Waals surface area contributed by atoms with Crippen molar-refractivity contribution in [2.75, 3.05) is 11.4 Å². The van der Waals surface area contributed by atoms with Crippen LogP contribution in [0.5, 0.6) is 0 Å². The molecule has 0 spiro atoms. The van der Waals surface area contributed by atoms with Crippen molar-refractivity contribution in [3.8, 4) is 0 Å². The summed E-state index contributed by atoms with van der Waals surface area (Å²) in [7, 11) is 0.